The fourth-order valence-electron chi connectivity index (χ4n) is 3.37. The molecule has 0 aliphatic heterocycles. The summed E-state index contributed by atoms with van der Waals surface area (Å²) in [7, 11) is -4.77. The second-order valence-corrected chi connectivity index (χ2v) is 8.62. The second-order valence-electron chi connectivity index (χ2n) is 7.47. The van der Waals surface area contributed by atoms with Crippen molar-refractivity contribution in [3.8, 4) is 0 Å². The van der Waals surface area contributed by atoms with E-state index in [9.17, 15) is 14.4 Å². The topological polar surface area (TPSA) is 72.4 Å². The van der Waals surface area contributed by atoms with Crippen LogP contribution in [0.5, 0.6) is 0 Å². The van der Waals surface area contributed by atoms with Gasteiger partial charge < -0.3 is 18.9 Å². The van der Waals surface area contributed by atoms with Crippen molar-refractivity contribution in [3.63, 3.8) is 0 Å². The maximum absolute atomic E-state index is 10.3. The number of phosphoric ester groups is 1. The van der Waals surface area contributed by atoms with Gasteiger partial charge in [0.25, 0.3) is 0 Å². The van der Waals surface area contributed by atoms with Gasteiger partial charge in [-0.05, 0) is 24.8 Å². The molecule has 29 heavy (non-hydrogen) atoms. The molecule has 0 spiro atoms. The minimum absolute atomic E-state index is 0. The molecular weight excluding hydrogens is 421 g/mol. The Labute approximate surface area is 243 Å². The van der Waals surface area contributed by atoms with Gasteiger partial charge in [-0.2, -0.15) is 0 Å². The largest absolute Gasteiger partial charge is 1.00 e. The van der Waals surface area contributed by atoms with Gasteiger partial charge in [0, 0.05) is 0 Å². The van der Waals surface area contributed by atoms with Gasteiger partial charge in [-0.1, -0.05) is 107 Å². The summed E-state index contributed by atoms with van der Waals surface area (Å²) in [6.45, 7) is 0.0382. The Morgan fingerprint density at radius 3 is 1.45 bits per heavy atom. The maximum Gasteiger partial charge on any atom is 1.00 e. The Balaban J connectivity index is 0. The van der Waals surface area contributed by atoms with Crippen LogP contribution in [0.25, 0.3) is 0 Å². The molecule has 4 nitrogen and oxygen atoms in total. The van der Waals surface area contributed by atoms with Gasteiger partial charge in [-0.15, -0.1) is 0 Å². The van der Waals surface area contributed by atoms with Crippen molar-refractivity contribution >= 4 is 7.82 Å². The standard InChI is InChI=1S/C22H39O4P.K.Na/c23-27(24,25)26-21-17-12-10-8-6-4-2-1-3-5-7-9-11-14-18-22-19-15-13-16-20-22;;/h13,15-16,19-20H,1-12,14,17-18,21H2,(H2,23,24,25);;/q;2*+1/p-2. The molecule has 7 heteroatoms. The molecule has 0 amide bonds. The van der Waals surface area contributed by atoms with E-state index in [1.165, 1.54) is 82.6 Å². The average molecular weight is 459 g/mol. The molecule has 0 saturated carbocycles. The SMILES string of the molecule is O=P([O-])([O-])OCCCCCCCCCCCCCCCCc1ccccc1.[K+].[Na+]. The number of benzene rings is 1. The van der Waals surface area contributed by atoms with Crippen molar-refractivity contribution in [2.75, 3.05) is 6.61 Å². The summed E-state index contributed by atoms with van der Waals surface area (Å²) in [6.07, 6.45) is 18.4. The summed E-state index contributed by atoms with van der Waals surface area (Å²) in [5, 5.41) is 0. The van der Waals surface area contributed by atoms with Crippen molar-refractivity contribution in [2.45, 2.75) is 96.3 Å². The fourth-order valence-corrected chi connectivity index (χ4v) is 3.73. The van der Waals surface area contributed by atoms with E-state index in [2.05, 4.69) is 34.9 Å². The molecule has 1 aromatic carbocycles. The van der Waals surface area contributed by atoms with Crippen LogP contribution in [0.4, 0.5) is 0 Å². The summed E-state index contributed by atoms with van der Waals surface area (Å²) >= 11 is 0. The first-order chi connectivity index (χ1) is 13.1. The van der Waals surface area contributed by atoms with Crippen LogP contribution in [0, 0.1) is 0 Å². The molecule has 1 aromatic rings. The molecule has 0 fully saturated rings. The van der Waals surface area contributed by atoms with Gasteiger partial charge in [0.1, 0.15) is 0 Å². The van der Waals surface area contributed by atoms with Crippen molar-refractivity contribution in [1.29, 1.82) is 0 Å². The smallest absolute Gasteiger partial charge is 0.790 e. The zero-order valence-electron chi connectivity index (χ0n) is 18.8. The number of hydrogen-bond acceptors (Lipinski definition) is 4. The normalized spacial score (nSPS) is 11.0. The Bertz CT molecular complexity index is 499. The molecule has 0 heterocycles. The summed E-state index contributed by atoms with van der Waals surface area (Å²) in [5.41, 5.74) is 1.46. The third-order valence-corrected chi connectivity index (χ3v) is 5.45. The number of rotatable bonds is 18. The molecule has 0 aromatic heterocycles. The minimum atomic E-state index is -4.77. The third-order valence-electron chi connectivity index (χ3n) is 4.95. The van der Waals surface area contributed by atoms with E-state index in [0.29, 0.717) is 6.42 Å². The molecule has 0 unspecified atom stereocenters. The monoisotopic (exact) mass is 458 g/mol. The Kier molecular flexibility index (Phi) is 26.4. The van der Waals surface area contributed by atoms with Crippen LogP contribution in [0.3, 0.4) is 0 Å². The summed E-state index contributed by atoms with van der Waals surface area (Å²) in [6, 6.07) is 10.8. The number of hydrogen-bond donors (Lipinski definition) is 0. The van der Waals surface area contributed by atoms with Crippen LogP contribution in [0.1, 0.15) is 95.5 Å². The zero-order valence-corrected chi connectivity index (χ0v) is 24.8. The number of phosphoric acid groups is 1. The summed E-state index contributed by atoms with van der Waals surface area (Å²) in [4.78, 5) is 20.6. The van der Waals surface area contributed by atoms with E-state index in [1.807, 2.05) is 0 Å². The first kappa shape index (κ1) is 33.1. The molecule has 156 valence electrons. The molecule has 1 rings (SSSR count). The second kappa shape index (κ2) is 23.1. The van der Waals surface area contributed by atoms with Crippen LogP contribution in [-0.4, -0.2) is 6.61 Å². The first-order valence-electron chi connectivity index (χ1n) is 10.8. The average Bonchev–Trinajstić information content (AvgIpc) is 2.64. The molecule has 0 radical (unpaired) electrons. The summed E-state index contributed by atoms with van der Waals surface area (Å²) < 4.78 is 14.5. The fraction of sp³-hybridized carbons (Fsp3) is 0.727. The van der Waals surface area contributed by atoms with E-state index in [1.54, 1.807) is 0 Å². The Hall–Kier alpha value is 1.97. The van der Waals surface area contributed by atoms with Gasteiger partial charge >= 0.3 is 80.9 Å². The van der Waals surface area contributed by atoms with E-state index in [-0.39, 0.29) is 87.5 Å². The van der Waals surface area contributed by atoms with Crippen molar-refractivity contribution in [1.82, 2.24) is 0 Å². The number of aryl methyl sites for hydroxylation is 1. The van der Waals surface area contributed by atoms with Crippen LogP contribution < -0.4 is 90.7 Å². The van der Waals surface area contributed by atoms with Crippen molar-refractivity contribution in [2.24, 2.45) is 0 Å². The van der Waals surface area contributed by atoms with E-state index in [4.69, 9.17) is 0 Å². The Morgan fingerprint density at radius 1 is 0.655 bits per heavy atom. The molecule has 0 aliphatic carbocycles. The Morgan fingerprint density at radius 2 is 1.03 bits per heavy atom. The quantitative estimate of drug-likeness (QED) is 0.170. The first-order valence-corrected chi connectivity index (χ1v) is 12.2. The predicted octanol–water partition coefficient (Wildman–Crippen LogP) is -0.456. The van der Waals surface area contributed by atoms with Crippen molar-refractivity contribution in [3.05, 3.63) is 35.9 Å². The van der Waals surface area contributed by atoms with Gasteiger partial charge in [-0.25, -0.2) is 0 Å². The number of unbranched alkanes of at least 4 members (excludes halogenated alkanes) is 13. The van der Waals surface area contributed by atoms with Crippen LogP contribution >= 0.6 is 7.82 Å². The zero-order chi connectivity index (χ0) is 19.6. The molecule has 0 saturated heterocycles. The van der Waals surface area contributed by atoms with Crippen LogP contribution in [-0.2, 0) is 15.5 Å². The molecule has 0 atom stereocenters. The molecular formula is C22H37KNaO4P. The molecule has 0 aliphatic rings. The maximum atomic E-state index is 10.3. The molecule has 0 bridgehead atoms. The van der Waals surface area contributed by atoms with Gasteiger partial charge in [0.05, 0.1) is 14.4 Å². The minimum Gasteiger partial charge on any atom is -0.790 e. The van der Waals surface area contributed by atoms with E-state index in [0.717, 1.165) is 12.8 Å². The van der Waals surface area contributed by atoms with Gasteiger partial charge in [-0.3, -0.25) is 0 Å². The van der Waals surface area contributed by atoms with Gasteiger partial charge in [0.15, 0.2) is 0 Å². The van der Waals surface area contributed by atoms with Gasteiger partial charge in [0.2, 0.25) is 0 Å². The van der Waals surface area contributed by atoms with Crippen LogP contribution in [0.2, 0.25) is 0 Å². The molecule has 0 N–H and O–H groups in total. The third kappa shape index (κ3) is 24.4. The predicted molar refractivity (Wildman–Crippen MR) is 108 cm³/mol. The summed E-state index contributed by atoms with van der Waals surface area (Å²) in [5.74, 6) is 0. The van der Waals surface area contributed by atoms with E-state index >= 15 is 0 Å². The van der Waals surface area contributed by atoms with E-state index < -0.39 is 7.82 Å². The van der Waals surface area contributed by atoms with Crippen molar-refractivity contribution < 1.29 is 99.8 Å². The van der Waals surface area contributed by atoms with Crippen LogP contribution in [0.15, 0.2) is 30.3 Å².